The second-order valence-corrected chi connectivity index (χ2v) is 4.07. The summed E-state index contributed by atoms with van der Waals surface area (Å²) in [5.41, 5.74) is 0.555. The van der Waals surface area contributed by atoms with Crippen LogP contribution in [0.15, 0.2) is 18.5 Å². The third-order valence-corrected chi connectivity index (χ3v) is 2.80. The molecule has 102 valence electrons. The van der Waals surface area contributed by atoms with Crippen molar-refractivity contribution in [2.24, 2.45) is 7.05 Å². The predicted molar refractivity (Wildman–Crippen MR) is 70.0 cm³/mol. The second-order valence-electron chi connectivity index (χ2n) is 4.07. The van der Waals surface area contributed by atoms with Crippen LogP contribution in [0.25, 0.3) is 0 Å². The van der Waals surface area contributed by atoms with Crippen LogP contribution in [0, 0.1) is 10.1 Å². The minimum Gasteiger partial charge on any atom is -0.363 e. The predicted octanol–water partition coefficient (Wildman–Crippen LogP) is 1.20. The molecule has 19 heavy (non-hydrogen) atoms. The lowest BCUT2D eigenvalue weighted by Crippen LogP contribution is -2.13. The first-order valence-corrected chi connectivity index (χ1v) is 6.05. The van der Waals surface area contributed by atoms with Crippen LogP contribution in [0.1, 0.15) is 12.6 Å². The van der Waals surface area contributed by atoms with E-state index in [0.717, 1.165) is 0 Å². The van der Waals surface area contributed by atoms with Gasteiger partial charge in [-0.25, -0.2) is 4.68 Å². The maximum absolute atomic E-state index is 11.1. The number of rotatable bonds is 6. The lowest BCUT2D eigenvalue weighted by atomic mass is 10.3. The molecule has 0 spiro atoms. The van der Waals surface area contributed by atoms with Gasteiger partial charge in [0.2, 0.25) is 5.82 Å². The highest BCUT2D eigenvalue weighted by Gasteiger charge is 2.25. The van der Waals surface area contributed by atoms with Gasteiger partial charge in [0.15, 0.2) is 0 Å². The maximum Gasteiger partial charge on any atom is 0.333 e. The average molecular weight is 264 g/mol. The number of nitro groups is 1. The van der Waals surface area contributed by atoms with Crippen molar-refractivity contribution >= 4 is 11.5 Å². The lowest BCUT2D eigenvalue weighted by molar-refractivity contribution is -0.384. The van der Waals surface area contributed by atoms with E-state index in [4.69, 9.17) is 0 Å². The standard InChI is InChI=1S/C11H16N6O2/c1-3-9-10(17(18)19)11(15(2)14-9)12-6-8-16-7-4-5-13-16/h4-5,7,12H,3,6,8H2,1-2H3. The van der Waals surface area contributed by atoms with Gasteiger partial charge in [0.25, 0.3) is 0 Å². The van der Waals surface area contributed by atoms with Crippen LogP contribution >= 0.6 is 0 Å². The Morgan fingerprint density at radius 2 is 2.32 bits per heavy atom. The summed E-state index contributed by atoms with van der Waals surface area (Å²) in [5, 5.41) is 22.4. The Hall–Kier alpha value is -2.38. The molecule has 0 amide bonds. The molecule has 0 aliphatic carbocycles. The number of aryl methyl sites for hydroxylation is 2. The molecular weight excluding hydrogens is 248 g/mol. The molecule has 2 rings (SSSR count). The van der Waals surface area contributed by atoms with Gasteiger partial charge in [-0.2, -0.15) is 10.2 Å². The molecule has 0 atom stereocenters. The Kier molecular flexibility index (Phi) is 3.79. The molecule has 0 aromatic carbocycles. The summed E-state index contributed by atoms with van der Waals surface area (Å²) < 4.78 is 3.27. The first kappa shape index (κ1) is 13.1. The van der Waals surface area contributed by atoms with E-state index in [0.29, 0.717) is 31.0 Å². The zero-order valence-corrected chi connectivity index (χ0v) is 10.9. The molecular formula is C11H16N6O2. The summed E-state index contributed by atoms with van der Waals surface area (Å²) in [6.45, 7) is 3.03. The zero-order valence-electron chi connectivity index (χ0n) is 10.9. The van der Waals surface area contributed by atoms with Crippen molar-refractivity contribution in [2.75, 3.05) is 11.9 Å². The van der Waals surface area contributed by atoms with Crippen LogP contribution in [0.5, 0.6) is 0 Å². The van der Waals surface area contributed by atoms with Crippen molar-refractivity contribution in [3.8, 4) is 0 Å². The van der Waals surface area contributed by atoms with Crippen LogP contribution in [-0.4, -0.2) is 31.0 Å². The van der Waals surface area contributed by atoms with Crippen LogP contribution in [0.2, 0.25) is 0 Å². The Morgan fingerprint density at radius 3 is 2.89 bits per heavy atom. The van der Waals surface area contributed by atoms with Gasteiger partial charge in [-0.15, -0.1) is 0 Å². The van der Waals surface area contributed by atoms with Crippen LogP contribution in [-0.2, 0) is 20.0 Å². The first-order chi connectivity index (χ1) is 9.13. The smallest absolute Gasteiger partial charge is 0.333 e. The van der Waals surface area contributed by atoms with Gasteiger partial charge in [-0.05, 0) is 12.5 Å². The van der Waals surface area contributed by atoms with Crippen molar-refractivity contribution in [1.29, 1.82) is 0 Å². The number of nitrogens with zero attached hydrogens (tertiary/aromatic N) is 5. The van der Waals surface area contributed by atoms with Gasteiger partial charge >= 0.3 is 5.69 Å². The van der Waals surface area contributed by atoms with Crippen molar-refractivity contribution in [3.05, 3.63) is 34.3 Å². The third-order valence-electron chi connectivity index (χ3n) is 2.80. The van der Waals surface area contributed by atoms with Gasteiger partial charge < -0.3 is 5.32 Å². The Labute approximate surface area is 110 Å². The van der Waals surface area contributed by atoms with E-state index in [1.807, 2.05) is 19.2 Å². The average Bonchev–Trinajstić information content (AvgIpc) is 2.97. The van der Waals surface area contributed by atoms with Crippen molar-refractivity contribution < 1.29 is 4.92 Å². The normalized spacial score (nSPS) is 10.6. The first-order valence-electron chi connectivity index (χ1n) is 6.05. The van der Waals surface area contributed by atoms with E-state index in [1.165, 1.54) is 4.68 Å². The molecule has 0 unspecified atom stereocenters. The van der Waals surface area contributed by atoms with E-state index in [2.05, 4.69) is 15.5 Å². The molecule has 8 heteroatoms. The zero-order chi connectivity index (χ0) is 13.8. The Balaban J connectivity index is 2.10. The molecule has 0 saturated heterocycles. The quantitative estimate of drug-likeness (QED) is 0.625. The molecule has 2 heterocycles. The number of hydrogen-bond acceptors (Lipinski definition) is 5. The molecule has 0 aliphatic heterocycles. The summed E-state index contributed by atoms with van der Waals surface area (Å²) in [6, 6.07) is 1.84. The van der Waals surface area contributed by atoms with Gasteiger partial charge in [-0.1, -0.05) is 6.92 Å². The fourth-order valence-electron chi connectivity index (χ4n) is 1.92. The van der Waals surface area contributed by atoms with Crippen LogP contribution in [0.3, 0.4) is 0 Å². The third kappa shape index (κ3) is 2.72. The summed E-state index contributed by atoms with van der Waals surface area (Å²) in [6.07, 6.45) is 4.07. The van der Waals surface area contributed by atoms with Crippen molar-refractivity contribution in [1.82, 2.24) is 19.6 Å². The summed E-state index contributed by atoms with van der Waals surface area (Å²) in [7, 11) is 1.70. The highest BCUT2D eigenvalue weighted by molar-refractivity contribution is 5.59. The van der Waals surface area contributed by atoms with Gasteiger partial charge in [-0.3, -0.25) is 14.8 Å². The number of nitrogens with one attached hydrogen (secondary N) is 1. The van der Waals surface area contributed by atoms with Gasteiger partial charge in [0.1, 0.15) is 5.69 Å². The molecule has 0 fully saturated rings. The fraction of sp³-hybridized carbons (Fsp3) is 0.455. The minimum absolute atomic E-state index is 0.0606. The lowest BCUT2D eigenvalue weighted by Gasteiger charge is -2.06. The van der Waals surface area contributed by atoms with Gasteiger partial charge in [0, 0.05) is 26.0 Å². The Morgan fingerprint density at radius 1 is 1.53 bits per heavy atom. The molecule has 0 bridgehead atoms. The molecule has 0 radical (unpaired) electrons. The highest BCUT2D eigenvalue weighted by Crippen LogP contribution is 2.28. The molecule has 2 aromatic rings. The monoisotopic (exact) mass is 264 g/mol. The van der Waals surface area contributed by atoms with Crippen molar-refractivity contribution in [3.63, 3.8) is 0 Å². The van der Waals surface area contributed by atoms with E-state index in [9.17, 15) is 10.1 Å². The summed E-state index contributed by atoms with van der Waals surface area (Å²) in [4.78, 5) is 10.7. The van der Waals surface area contributed by atoms with E-state index in [1.54, 1.807) is 17.9 Å². The minimum atomic E-state index is -0.387. The molecule has 0 aliphatic rings. The number of aromatic nitrogens is 4. The largest absolute Gasteiger partial charge is 0.363 e. The summed E-state index contributed by atoms with van der Waals surface area (Å²) in [5.74, 6) is 0.439. The number of anilines is 1. The summed E-state index contributed by atoms with van der Waals surface area (Å²) >= 11 is 0. The molecule has 1 N–H and O–H groups in total. The SMILES string of the molecule is CCc1nn(C)c(NCCn2cccn2)c1[N+](=O)[O-]. The van der Waals surface area contributed by atoms with E-state index in [-0.39, 0.29) is 10.6 Å². The topological polar surface area (TPSA) is 90.8 Å². The number of hydrogen-bond donors (Lipinski definition) is 1. The van der Waals surface area contributed by atoms with Crippen molar-refractivity contribution in [2.45, 2.75) is 19.9 Å². The molecule has 2 aromatic heterocycles. The molecule has 8 nitrogen and oxygen atoms in total. The van der Waals surface area contributed by atoms with E-state index < -0.39 is 0 Å². The maximum atomic E-state index is 11.1. The van der Waals surface area contributed by atoms with Crippen LogP contribution < -0.4 is 5.32 Å². The Bertz CT molecular complexity index is 560. The highest BCUT2D eigenvalue weighted by atomic mass is 16.6. The molecule has 0 saturated carbocycles. The van der Waals surface area contributed by atoms with Crippen LogP contribution in [0.4, 0.5) is 11.5 Å². The second kappa shape index (κ2) is 5.51. The van der Waals surface area contributed by atoms with Gasteiger partial charge in [0.05, 0.1) is 11.5 Å². The van der Waals surface area contributed by atoms with E-state index >= 15 is 0 Å². The fourth-order valence-corrected chi connectivity index (χ4v) is 1.92.